The van der Waals surface area contributed by atoms with E-state index in [4.69, 9.17) is 0 Å². The van der Waals surface area contributed by atoms with Gasteiger partial charge in [0.15, 0.2) is 0 Å². The monoisotopic (exact) mass is 383 g/mol. The molecule has 0 spiro atoms. The van der Waals surface area contributed by atoms with Crippen molar-refractivity contribution in [1.82, 2.24) is 20.0 Å². The molecule has 1 aliphatic rings. The Morgan fingerprint density at radius 2 is 1.93 bits per heavy atom. The summed E-state index contributed by atoms with van der Waals surface area (Å²) in [6, 6.07) is 8.19. The average molecular weight is 383 g/mol. The molecule has 28 heavy (non-hydrogen) atoms. The van der Waals surface area contributed by atoms with Gasteiger partial charge in [0.05, 0.1) is 17.8 Å². The minimum atomic E-state index is -0.398. The molecular weight excluding hydrogens is 358 g/mol. The molecule has 1 aliphatic heterocycles. The van der Waals surface area contributed by atoms with Crippen LogP contribution in [0.5, 0.6) is 0 Å². The van der Waals surface area contributed by atoms with Gasteiger partial charge in [-0.05, 0) is 17.5 Å². The number of likely N-dealkylation sites (tertiary alicyclic amines) is 1. The molecule has 2 aromatic rings. The van der Waals surface area contributed by atoms with E-state index >= 15 is 0 Å². The van der Waals surface area contributed by atoms with E-state index in [1.54, 1.807) is 18.1 Å². The van der Waals surface area contributed by atoms with Crippen molar-refractivity contribution < 1.29 is 14.4 Å². The number of hydrogen-bond donors (Lipinski definition) is 2. The molecule has 8 heteroatoms. The first kappa shape index (κ1) is 19.6. The fourth-order valence-electron chi connectivity index (χ4n) is 3.19. The van der Waals surface area contributed by atoms with E-state index in [-0.39, 0.29) is 30.7 Å². The topological polar surface area (TPSA) is 96.3 Å². The number of nitrogens with one attached hydrogen (secondary N) is 2. The highest BCUT2D eigenvalue weighted by Crippen LogP contribution is 2.22. The first-order valence-electron chi connectivity index (χ1n) is 9.38. The fourth-order valence-corrected chi connectivity index (χ4v) is 3.19. The van der Waals surface area contributed by atoms with Crippen LogP contribution in [0.15, 0.2) is 36.7 Å². The molecule has 1 aromatic heterocycles. The van der Waals surface area contributed by atoms with E-state index in [0.29, 0.717) is 18.8 Å². The normalized spacial score (nSPS) is 16.3. The first-order valence-corrected chi connectivity index (χ1v) is 9.38. The predicted molar refractivity (Wildman–Crippen MR) is 104 cm³/mol. The Hall–Kier alpha value is -3.16. The SMILES string of the molecule is CCc1ccc(CN2CC(C(=O)Nc3cnn(CC(=O)NC)c3)CC2=O)cc1. The summed E-state index contributed by atoms with van der Waals surface area (Å²) in [6.45, 7) is 3.09. The van der Waals surface area contributed by atoms with Gasteiger partial charge in [-0.3, -0.25) is 19.1 Å². The zero-order valence-corrected chi connectivity index (χ0v) is 16.1. The van der Waals surface area contributed by atoms with Crippen LogP contribution in [-0.4, -0.2) is 46.0 Å². The summed E-state index contributed by atoms with van der Waals surface area (Å²) in [5, 5.41) is 9.34. The van der Waals surface area contributed by atoms with E-state index in [9.17, 15) is 14.4 Å². The molecule has 148 valence electrons. The highest BCUT2D eigenvalue weighted by Gasteiger charge is 2.34. The van der Waals surface area contributed by atoms with Crippen LogP contribution < -0.4 is 10.6 Å². The zero-order valence-electron chi connectivity index (χ0n) is 16.1. The highest BCUT2D eigenvalue weighted by molar-refractivity contribution is 5.97. The number of nitrogens with zero attached hydrogens (tertiary/aromatic N) is 3. The molecule has 0 aliphatic carbocycles. The van der Waals surface area contributed by atoms with Crippen molar-refractivity contribution in [3.63, 3.8) is 0 Å². The van der Waals surface area contributed by atoms with Crippen molar-refractivity contribution in [3.8, 4) is 0 Å². The number of anilines is 1. The van der Waals surface area contributed by atoms with Crippen molar-refractivity contribution >= 4 is 23.4 Å². The largest absolute Gasteiger partial charge is 0.358 e. The zero-order chi connectivity index (χ0) is 20.1. The number of aryl methyl sites for hydroxylation is 1. The van der Waals surface area contributed by atoms with Crippen molar-refractivity contribution in [2.45, 2.75) is 32.9 Å². The van der Waals surface area contributed by atoms with Gasteiger partial charge in [0.25, 0.3) is 0 Å². The summed E-state index contributed by atoms with van der Waals surface area (Å²) in [5.74, 6) is -0.804. The van der Waals surface area contributed by atoms with Crippen LogP contribution in [0.4, 0.5) is 5.69 Å². The Balaban J connectivity index is 1.55. The average Bonchev–Trinajstić information content (AvgIpc) is 3.28. The molecule has 1 aromatic carbocycles. The van der Waals surface area contributed by atoms with Gasteiger partial charge >= 0.3 is 0 Å². The molecule has 8 nitrogen and oxygen atoms in total. The second-order valence-corrected chi connectivity index (χ2v) is 6.93. The molecule has 1 unspecified atom stereocenters. The lowest BCUT2D eigenvalue weighted by Crippen LogP contribution is -2.28. The van der Waals surface area contributed by atoms with Gasteiger partial charge in [-0.1, -0.05) is 31.2 Å². The van der Waals surface area contributed by atoms with Crippen LogP contribution in [0.2, 0.25) is 0 Å². The minimum absolute atomic E-state index is 0.0185. The molecule has 0 bridgehead atoms. The number of carbonyl (C=O) groups is 3. The number of carbonyl (C=O) groups excluding carboxylic acids is 3. The lowest BCUT2D eigenvalue weighted by Gasteiger charge is -2.17. The van der Waals surface area contributed by atoms with Gasteiger partial charge in [-0.25, -0.2) is 0 Å². The van der Waals surface area contributed by atoms with Crippen LogP contribution in [0.1, 0.15) is 24.5 Å². The van der Waals surface area contributed by atoms with E-state index in [2.05, 4.69) is 34.8 Å². The Morgan fingerprint density at radius 3 is 2.61 bits per heavy atom. The van der Waals surface area contributed by atoms with Crippen LogP contribution >= 0.6 is 0 Å². The molecule has 1 fully saturated rings. The van der Waals surface area contributed by atoms with Gasteiger partial charge in [0.1, 0.15) is 6.54 Å². The van der Waals surface area contributed by atoms with Crippen LogP contribution in [0.25, 0.3) is 0 Å². The summed E-state index contributed by atoms with van der Waals surface area (Å²) < 4.78 is 1.44. The van der Waals surface area contributed by atoms with E-state index in [1.165, 1.54) is 16.4 Å². The van der Waals surface area contributed by atoms with Crippen molar-refractivity contribution in [2.24, 2.45) is 5.92 Å². The standard InChI is InChI=1S/C20H25N5O3/c1-3-14-4-6-15(7-5-14)10-24-11-16(8-19(24)27)20(28)23-17-9-22-25(12-17)13-18(26)21-2/h4-7,9,12,16H,3,8,10-11,13H2,1-2H3,(H,21,26)(H,23,28). The molecule has 0 saturated carbocycles. The van der Waals surface area contributed by atoms with Crippen LogP contribution in [0.3, 0.4) is 0 Å². The number of hydrogen-bond acceptors (Lipinski definition) is 4. The molecule has 2 N–H and O–H groups in total. The Kier molecular flexibility index (Phi) is 6.08. The summed E-state index contributed by atoms with van der Waals surface area (Å²) in [7, 11) is 1.55. The van der Waals surface area contributed by atoms with Gasteiger partial charge in [-0.15, -0.1) is 0 Å². The Morgan fingerprint density at radius 1 is 1.21 bits per heavy atom. The summed E-state index contributed by atoms with van der Waals surface area (Å²) in [6.07, 6.45) is 4.26. The number of amides is 3. The number of benzene rings is 1. The minimum Gasteiger partial charge on any atom is -0.358 e. The van der Waals surface area contributed by atoms with E-state index < -0.39 is 5.92 Å². The highest BCUT2D eigenvalue weighted by atomic mass is 16.2. The summed E-state index contributed by atoms with van der Waals surface area (Å²) in [4.78, 5) is 37.9. The van der Waals surface area contributed by atoms with Crippen LogP contribution in [-0.2, 0) is 33.9 Å². The quantitative estimate of drug-likeness (QED) is 0.750. The maximum Gasteiger partial charge on any atom is 0.241 e. The number of likely N-dealkylation sites (N-methyl/N-ethyl adjacent to an activating group) is 1. The van der Waals surface area contributed by atoms with E-state index in [1.807, 2.05) is 12.1 Å². The maximum absolute atomic E-state index is 12.5. The van der Waals surface area contributed by atoms with Gasteiger partial charge in [-0.2, -0.15) is 5.10 Å². The third-order valence-corrected chi connectivity index (χ3v) is 4.88. The third-order valence-electron chi connectivity index (χ3n) is 4.88. The lowest BCUT2D eigenvalue weighted by atomic mass is 10.1. The molecule has 0 radical (unpaired) electrons. The van der Waals surface area contributed by atoms with Gasteiger partial charge in [0, 0.05) is 32.8 Å². The predicted octanol–water partition coefficient (Wildman–Crippen LogP) is 1.18. The van der Waals surface area contributed by atoms with Crippen molar-refractivity contribution in [2.75, 3.05) is 18.9 Å². The molecule has 1 atom stereocenters. The first-order chi connectivity index (χ1) is 13.5. The van der Waals surface area contributed by atoms with Crippen molar-refractivity contribution in [3.05, 3.63) is 47.8 Å². The number of aromatic nitrogens is 2. The fraction of sp³-hybridized carbons (Fsp3) is 0.400. The summed E-state index contributed by atoms with van der Waals surface area (Å²) >= 11 is 0. The van der Waals surface area contributed by atoms with Gasteiger partial charge in [0.2, 0.25) is 17.7 Å². The Bertz CT molecular complexity index is 859. The molecule has 3 rings (SSSR count). The molecule has 3 amide bonds. The van der Waals surface area contributed by atoms with Crippen LogP contribution in [0, 0.1) is 5.92 Å². The maximum atomic E-state index is 12.5. The molecule has 2 heterocycles. The second-order valence-electron chi connectivity index (χ2n) is 6.93. The molecular formula is C20H25N5O3. The lowest BCUT2D eigenvalue weighted by molar-refractivity contribution is -0.128. The third kappa shape index (κ3) is 4.76. The van der Waals surface area contributed by atoms with Gasteiger partial charge < -0.3 is 15.5 Å². The molecule has 1 saturated heterocycles. The second kappa shape index (κ2) is 8.69. The smallest absolute Gasteiger partial charge is 0.241 e. The number of rotatable bonds is 7. The summed E-state index contributed by atoms with van der Waals surface area (Å²) in [5.41, 5.74) is 2.82. The van der Waals surface area contributed by atoms with E-state index in [0.717, 1.165) is 12.0 Å². The Labute approximate surface area is 163 Å². The van der Waals surface area contributed by atoms with Crippen molar-refractivity contribution in [1.29, 1.82) is 0 Å².